The van der Waals surface area contributed by atoms with Gasteiger partial charge >= 0.3 is 0 Å². The molecule has 0 amide bonds. The summed E-state index contributed by atoms with van der Waals surface area (Å²) in [6.45, 7) is 1.77. The van der Waals surface area contributed by atoms with Crippen LogP contribution in [-0.2, 0) is 0 Å². The van der Waals surface area contributed by atoms with Gasteiger partial charge in [0, 0.05) is 17.2 Å². The molecular weight excluding hydrogens is 334 g/mol. The first-order valence-electron chi connectivity index (χ1n) is 7.86. The molecule has 0 bridgehead atoms. The fourth-order valence-corrected chi connectivity index (χ4v) is 3.11. The molecule has 0 heterocycles. The van der Waals surface area contributed by atoms with Crippen molar-refractivity contribution >= 4 is 28.0 Å². The highest BCUT2D eigenvalue weighted by Crippen LogP contribution is 2.39. The third-order valence-corrected chi connectivity index (χ3v) is 4.25. The number of phenols is 2. The van der Waals surface area contributed by atoms with Crippen molar-refractivity contribution in [1.29, 1.82) is 0 Å². The van der Waals surface area contributed by atoms with Crippen LogP contribution in [0.4, 0.5) is 0 Å². The quantitative estimate of drug-likeness (QED) is 0.611. The van der Waals surface area contributed by atoms with E-state index in [4.69, 9.17) is 17.0 Å². The minimum atomic E-state index is -0.491. The van der Waals surface area contributed by atoms with Crippen molar-refractivity contribution in [2.75, 3.05) is 7.11 Å². The molecule has 3 rings (SSSR count). The zero-order valence-corrected chi connectivity index (χ0v) is 14.8. The molecule has 3 aromatic rings. The number of ether oxygens (including phenoxy) is 1. The van der Waals surface area contributed by atoms with E-state index >= 15 is 0 Å². The normalized spacial score (nSPS) is 11.9. The molecule has 0 fully saturated rings. The van der Waals surface area contributed by atoms with E-state index in [9.17, 15) is 10.2 Å². The summed E-state index contributed by atoms with van der Waals surface area (Å²) < 4.78 is 5.15. The Kier molecular flexibility index (Phi) is 4.76. The highest BCUT2D eigenvalue weighted by Gasteiger charge is 2.23. The lowest BCUT2D eigenvalue weighted by Gasteiger charge is -2.24. The van der Waals surface area contributed by atoms with Gasteiger partial charge in [0.05, 0.1) is 18.1 Å². The number of aromatic hydroxyl groups is 2. The zero-order chi connectivity index (χ0) is 18.0. The zero-order valence-electron chi connectivity index (χ0n) is 14.0. The molecule has 3 aromatic carbocycles. The maximum absolute atomic E-state index is 10.6. The number of thiocarbonyl (C=S) groups is 1. The van der Waals surface area contributed by atoms with E-state index in [0.717, 1.165) is 10.8 Å². The van der Waals surface area contributed by atoms with Gasteiger partial charge in [0.15, 0.2) is 0 Å². The molecule has 3 N–H and O–H groups in total. The van der Waals surface area contributed by atoms with Crippen LogP contribution in [0, 0.1) is 0 Å². The van der Waals surface area contributed by atoms with Gasteiger partial charge in [0.2, 0.25) is 0 Å². The first-order valence-corrected chi connectivity index (χ1v) is 8.26. The average molecular weight is 353 g/mol. The highest BCUT2D eigenvalue weighted by atomic mass is 32.1. The molecule has 0 aliphatic rings. The second-order valence-corrected chi connectivity index (χ2v) is 6.39. The predicted molar refractivity (Wildman–Crippen MR) is 104 cm³/mol. The third kappa shape index (κ3) is 3.37. The molecule has 1 unspecified atom stereocenters. The van der Waals surface area contributed by atoms with E-state index < -0.39 is 6.04 Å². The fourth-order valence-electron chi connectivity index (χ4n) is 2.99. The molecule has 0 radical (unpaired) electrons. The van der Waals surface area contributed by atoms with Crippen molar-refractivity contribution in [2.24, 2.45) is 0 Å². The molecule has 5 heteroatoms. The summed E-state index contributed by atoms with van der Waals surface area (Å²) in [5.74, 6) is 0.768. The number of nitrogens with one attached hydrogen (secondary N) is 1. The topological polar surface area (TPSA) is 61.7 Å². The first-order chi connectivity index (χ1) is 12.0. The van der Waals surface area contributed by atoms with Crippen molar-refractivity contribution < 1.29 is 14.9 Å². The van der Waals surface area contributed by atoms with Gasteiger partial charge in [-0.05, 0) is 35.9 Å². The molecule has 4 nitrogen and oxygen atoms in total. The molecule has 0 aliphatic heterocycles. The van der Waals surface area contributed by atoms with Gasteiger partial charge in [0.1, 0.15) is 17.2 Å². The van der Waals surface area contributed by atoms with Gasteiger partial charge < -0.3 is 20.3 Å². The average Bonchev–Trinajstić information content (AvgIpc) is 2.60. The number of phenolic OH excluding ortho intramolecular Hbond substituents is 2. The van der Waals surface area contributed by atoms with Gasteiger partial charge in [-0.3, -0.25) is 0 Å². The van der Waals surface area contributed by atoms with Gasteiger partial charge in [-0.1, -0.05) is 42.5 Å². The summed E-state index contributed by atoms with van der Waals surface area (Å²) in [4.78, 5) is 0.563. The third-order valence-electron chi connectivity index (χ3n) is 4.13. The van der Waals surface area contributed by atoms with Gasteiger partial charge in [0.25, 0.3) is 0 Å². The lowest BCUT2D eigenvalue weighted by molar-refractivity contribution is 0.405. The molecular formula is C20H19NO3S. The standard InChI is InChI=1S/C20H19NO3S/c1-12(25)21-20(16-9-8-14(24-2)11-18(16)23)19-15-6-4-3-5-13(15)7-10-17(19)22/h3-11,20,22-23H,1-2H3,(H,21,25). The smallest absolute Gasteiger partial charge is 0.124 e. The second kappa shape index (κ2) is 6.99. The van der Waals surface area contributed by atoms with Crippen molar-refractivity contribution in [3.05, 3.63) is 65.7 Å². The Hall–Kier alpha value is -2.79. The lowest BCUT2D eigenvalue weighted by atomic mass is 9.92. The fraction of sp³-hybridized carbons (Fsp3) is 0.150. The Morgan fingerprint density at radius 3 is 2.48 bits per heavy atom. The van der Waals surface area contributed by atoms with Crippen molar-refractivity contribution in [3.8, 4) is 17.2 Å². The number of benzene rings is 3. The molecule has 1 atom stereocenters. The Bertz CT molecular complexity index is 939. The predicted octanol–water partition coefficient (Wildman–Crippen LogP) is 4.29. The van der Waals surface area contributed by atoms with E-state index in [1.165, 1.54) is 0 Å². The van der Waals surface area contributed by atoms with Crippen LogP contribution in [0.3, 0.4) is 0 Å². The lowest BCUT2D eigenvalue weighted by Crippen LogP contribution is -2.26. The van der Waals surface area contributed by atoms with Gasteiger partial charge in [-0.15, -0.1) is 0 Å². The van der Waals surface area contributed by atoms with Crippen LogP contribution in [0.1, 0.15) is 24.1 Å². The number of hydrogen-bond donors (Lipinski definition) is 3. The minimum Gasteiger partial charge on any atom is -0.508 e. The van der Waals surface area contributed by atoms with Crippen LogP contribution in [0.15, 0.2) is 54.6 Å². The van der Waals surface area contributed by atoms with E-state index in [1.54, 1.807) is 38.3 Å². The van der Waals surface area contributed by atoms with E-state index in [-0.39, 0.29) is 11.5 Å². The van der Waals surface area contributed by atoms with Crippen LogP contribution in [-0.4, -0.2) is 22.3 Å². The van der Waals surface area contributed by atoms with E-state index in [2.05, 4.69) is 5.32 Å². The molecule has 0 saturated heterocycles. The molecule has 0 aromatic heterocycles. The second-order valence-electron chi connectivity index (χ2n) is 5.78. The molecule has 25 heavy (non-hydrogen) atoms. The summed E-state index contributed by atoms with van der Waals surface area (Å²) in [6, 6.07) is 15.9. The van der Waals surface area contributed by atoms with Crippen LogP contribution in [0.2, 0.25) is 0 Å². The molecule has 0 spiro atoms. The maximum atomic E-state index is 10.6. The van der Waals surface area contributed by atoms with Gasteiger partial charge in [-0.2, -0.15) is 0 Å². The van der Waals surface area contributed by atoms with Crippen LogP contribution in [0.5, 0.6) is 17.2 Å². The van der Waals surface area contributed by atoms with E-state index in [0.29, 0.717) is 21.9 Å². The maximum Gasteiger partial charge on any atom is 0.124 e. The monoisotopic (exact) mass is 353 g/mol. The number of hydrogen-bond acceptors (Lipinski definition) is 4. The van der Waals surface area contributed by atoms with Crippen LogP contribution in [0.25, 0.3) is 10.8 Å². The number of fused-ring (bicyclic) bond motifs is 1. The van der Waals surface area contributed by atoms with Crippen molar-refractivity contribution in [2.45, 2.75) is 13.0 Å². The summed E-state index contributed by atoms with van der Waals surface area (Å²) in [5.41, 5.74) is 1.28. The van der Waals surface area contributed by atoms with Crippen molar-refractivity contribution in [1.82, 2.24) is 5.32 Å². The Labute approximate surface area is 151 Å². The Balaban J connectivity index is 2.24. The number of methoxy groups -OCH3 is 1. The summed E-state index contributed by atoms with van der Waals surface area (Å²) in [6.07, 6.45) is 0. The first kappa shape index (κ1) is 17.0. The molecule has 0 saturated carbocycles. The number of rotatable bonds is 4. The SMILES string of the molecule is COc1ccc(C(NC(C)=S)c2c(O)ccc3ccccc23)c(O)c1. The van der Waals surface area contributed by atoms with Crippen LogP contribution < -0.4 is 10.1 Å². The molecule has 0 aliphatic carbocycles. The van der Waals surface area contributed by atoms with Crippen molar-refractivity contribution in [3.63, 3.8) is 0 Å². The Morgan fingerprint density at radius 2 is 1.80 bits per heavy atom. The molecule has 128 valence electrons. The minimum absolute atomic E-state index is 0.0698. The summed E-state index contributed by atoms with van der Waals surface area (Å²) >= 11 is 5.23. The van der Waals surface area contributed by atoms with E-state index in [1.807, 2.05) is 30.3 Å². The summed E-state index contributed by atoms with van der Waals surface area (Å²) in [7, 11) is 1.54. The Morgan fingerprint density at radius 1 is 1.04 bits per heavy atom. The summed E-state index contributed by atoms with van der Waals surface area (Å²) in [5, 5.41) is 26.1. The van der Waals surface area contributed by atoms with Gasteiger partial charge in [-0.25, -0.2) is 0 Å². The largest absolute Gasteiger partial charge is 0.508 e. The highest BCUT2D eigenvalue weighted by molar-refractivity contribution is 7.80. The van der Waals surface area contributed by atoms with Crippen LogP contribution >= 0.6 is 12.2 Å².